The molecule has 72 valence electrons. The smallest absolute Gasteiger partial charge is 0.106 e. The van der Waals surface area contributed by atoms with E-state index in [1.165, 1.54) is 0 Å². The predicted molar refractivity (Wildman–Crippen MR) is 51.2 cm³/mol. The van der Waals surface area contributed by atoms with Crippen LogP contribution in [0.15, 0.2) is 24.3 Å². The number of aryl methyl sites for hydroxylation is 1. The molecule has 0 aliphatic carbocycles. The second-order valence-corrected chi connectivity index (χ2v) is 3.16. The lowest BCUT2D eigenvalue weighted by Crippen LogP contribution is -2.27. The third kappa shape index (κ3) is 2.52. The summed E-state index contributed by atoms with van der Waals surface area (Å²) in [7, 11) is 0. The minimum atomic E-state index is -0.886. The van der Waals surface area contributed by atoms with Gasteiger partial charge in [-0.3, -0.25) is 0 Å². The zero-order valence-corrected chi connectivity index (χ0v) is 7.64. The van der Waals surface area contributed by atoms with Gasteiger partial charge in [-0.15, -0.1) is 0 Å². The first kappa shape index (κ1) is 10.2. The number of hydrogen-bond acceptors (Lipinski definition) is 3. The van der Waals surface area contributed by atoms with Crippen LogP contribution in [0.1, 0.15) is 17.2 Å². The Hall–Kier alpha value is -0.900. The lowest BCUT2D eigenvalue weighted by atomic mass is 10.0. The molecular weight excluding hydrogens is 166 g/mol. The van der Waals surface area contributed by atoms with E-state index in [0.717, 1.165) is 5.56 Å². The van der Waals surface area contributed by atoms with E-state index in [0.29, 0.717) is 5.56 Å². The van der Waals surface area contributed by atoms with Crippen molar-refractivity contribution in [2.45, 2.75) is 19.1 Å². The van der Waals surface area contributed by atoms with E-state index in [9.17, 15) is 10.2 Å². The van der Waals surface area contributed by atoms with E-state index in [-0.39, 0.29) is 6.54 Å². The lowest BCUT2D eigenvalue weighted by molar-refractivity contribution is 0.0243. The maximum Gasteiger partial charge on any atom is 0.106 e. The van der Waals surface area contributed by atoms with E-state index >= 15 is 0 Å². The van der Waals surface area contributed by atoms with Gasteiger partial charge in [0.15, 0.2) is 0 Å². The van der Waals surface area contributed by atoms with Crippen molar-refractivity contribution in [3.05, 3.63) is 35.4 Å². The summed E-state index contributed by atoms with van der Waals surface area (Å²) in [6.07, 6.45) is -1.77. The van der Waals surface area contributed by atoms with Gasteiger partial charge in [0.05, 0.1) is 6.10 Å². The van der Waals surface area contributed by atoms with Gasteiger partial charge in [0.1, 0.15) is 6.10 Å². The molecule has 1 aromatic rings. The largest absolute Gasteiger partial charge is 0.389 e. The quantitative estimate of drug-likeness (QED) is 0.630. The molecule has 0 spiro atoms. The third-order valence-electron chi connectivity index (χ3n) is 2.02. The Morgan fingerprint density at radius 2 is 1.77 bits per heavy atom. The van der Waals surface area contributed by atoms with Crippen LogP contribution < -0.4 is 5.73 Å². The third-order valence-corrected chi connectivity index (χ3v) is 2.02. The first-order chi connectivity index (χ1) is 6.15. The molecule has 0 radical (unpaired) electrons. The molecule has 1 rings (SSSR count). The van der Waals surface area contributed by atoms with Gasteiger partial charge in [0.2, 0.25) is 0 Å². The van der Waals surface area contributed by atoms with Gasteiger partial charge in [-0.2, -0.15) is 0 Å². The van der Waals surface area contributed by atoms with E-state index in [1.54, 1.807) is 12.1 Å². The van der Waals surface area contributed by atoms with Crippen molar-refractivity contribution < 1.29 is 10.2 Å². The second-order valence-electron chi connectivity index (χ2n) is 3.16. The molecule has 0 aliphatic heterocycles. The fourth-order valence-electron chi connectivity index (χ4n) is 1.11. The summed E-state index contributed by atoms with van der Waals surface area (Å²) in [5.74, 6) is 0. The van der Waals surface area contributed by atoms with Crippen LogP contribution in [0.25, 0.3) is 0 Å². The van der Waals surface area contributed by atoms with Gasteiger partial charge >= 0.3 is 0 Å². The molecule has 3 nitrogen and oxygen atoms in total. The number of rotatable bonds is 3. The van der Waals surface area contributed by atoms with Crippen molar-refractivity contribution in [1.82, 2.24) is 0 Å². The molecule has 0 saturated heterocycles. The van der Waals surface area contributed by atoms with Crippen molar-refractivity contribution in [1.29, 1.82) is 0 Å². The topological polar surface area (TPSA) is 66.5 Å². The molecule has 0 saturated carbocycles. The molecule has 0 heterocycles. The van der Waals surface area contributed by atoms with Crippen LogP contribution in [-0.4, -0.2) is 22.9 Å². The number of nitrogens with two attached hydrogens (primary N) is 1. The molecule has 1 aromatic carbocycles. The van der Waals surface area contributed by atoms with Gasteiger partial charge in [0.25, 0.3) is 0 Å². The maximum absolute atomic E-state index is 9.55. The van der Waals surface area contributed by atoms with Crippen molar-refractivity contribution in [2.75, 3.05) is 6.54 Å². The van der Waals surface area contributed by atoms with E-state index in [4.69, 9.17) is 5.73 Å². The van der Waals surface area contributed by atoms with Gasteiger partial charge in [-0.1, -0.05) is 29.8 Å². The highest BCUT2D eigenvalue weighted by molar-refractivity contribution is 5.23. The average molecular weight is 181 g/mol. The fraction of sp³-hybridized carbons (Fsp3) is 0.400. The van der Waals surface area contributed by atoms with Crippen LogP contribution in [-0.2, 0) is 0 Å². The molecule has 0 fully saturated rings. The minimum absolute atomic E-state index is 0.0645. The number of aliphatic hydroxyl groups is 2. The second kappa shape index (κ2) is 4.37. The SMILES string of the molecule is Cc1ccc(C(O)C(O)CN)cc1. The fourth-order valence-corrected chi connectivity index (χ4v) is 1.11. The Bertz CT molecular complexity index is 258. The van der Waals surface area contributed by atoms with Gasteiger partial charge in [-0.25, -0.2) is 0 Å². The van der Waals surface area contributed by atoms with Crippen LogP contribution in [0.5, 0.6) is 0 Å². The van der Waals surface area contributed by atoms with E-state index in [2.05, 4.69) is 0 Å². The van der Waals surface area contributed by atoms with Gasteiger partial charge in [-0.05, 0) is 12.5 Å². The Balaban J connectivity index is 2.77. The summed E-state index contributed by atoms with van der Waals surface area (Å²) in [4.78, 5) is 0. The first-order valence-electron chi connectivity index (χ1n) is 4.28. The molecule has 3 heteroatoms. The highest BCUT2D eigenvalue weighted by Crippen LogP contribution is 2.16. The van der Waals surface area contributed by atoms with Crippen LogP contribution >= 0.6 is 0 Å². The van der Waals surface area contributed by atoms with Crippen molar-refractivity contribution in [3.8, 4) is 0 Å². The molecule has 0 amide bonds. The summed E-state index contributed by atoms with van der Waals surface area (Å²) < 4.78 is 0. The predicted octanol–water partition coefficient (Wildman–Crippen LogP) is 0.348. The van der Waals surface area contributed by atoms with E-state index < -0.39 is 12.2 Å². The first-order valence-corrected chi connectivity index (χ1v) is 4.28. The summed E-state index contributed by atoms with van der Waals surface area (Å²) in [5.41, 5.74) is 7.05. The van der Waals surface area contributed by atoms with Crippen LogP contribution in [0.4, 0.5) is 0 Å². The summed E-state index contributed by atoms with van der Waals surface area (Å²) >= 11 is 0. The molecule has 0 aromatic heterocycles. The highest BCUT2D eigenvalue weighted by Gasteiger charge is 2.15. The summed E-state index contributed by atoms with van der Waals surface area (Å²) in [6, 6.07) is 7.36. The maximum atomic E-state index is 9.55. The van der Waals surface area contributed by atoms with Gasteiger partial charge in [0, 0.05) is 6.54 Å². The minimum Gasteiger partial charge on any atom is -0.389 e. The van der Waals surface area contributed by atoms with Crippen molar-refractivity contribution in [3.63, 3.8) is 0 Å². The van der Waals surface area contributed by atoms with Gasteiger partial charge < -0.3 is 15.9 Å². The monoisotopic (exact) mass is 181 g/mol. The number of hydrogen-bond donors (Lipinski definition) is 3. The van der Waals surface area contributed by atoms with Crippen LogP contribution in [0, 0.1) is 6.92 Å². The van der Waals surface area contributed by atoms with E-state index in [1.807, 2.05) is 19.1 Å². The summed E-state index contributed by atoms with van der Waals surface area (Å²) in [6.45, 7) is 2.03. The Labute approximate surface area is 77.8 Å². The molecule has 2 atom stereocenters. The zero-order chi connectivity index (χ0) is 9.84. The number of benzene rings is 1. The Kier molecular flexibility index (Phi) is 3.42. The average Bonchev–Trinajstić information content (AvgIpc) is 2.17. The molecule has 4 N–H and O–H groups in total. The summed E-state index contributed by atoms with van der Waals surface area (Å²) in [5, 5.41) is 18.8. The standard InChI is InChI=1S/C10H15NO2/c1-7-2-4-8(5-3-7)10(13)9(12)6-11/h2-5,9-10,12-13H,6,11H2,1H3. The van der Waals surface area contributed by atoms with Crippen LogP contribution in [0.2, 0.25) is 0 Å². The Morgan fingerprint density at radius 3 is 2.23 bits per heavy atom. The number of aliphatic hydroxyl groups excluding tert-OH is 2. The molecular formula is C10H15NO2. The molecule has 0 bridgehead atoms. The zero-order valence-electron chi connectivity index (χ0n) is 7.64. The lowest BCUT2D eigenvalue weighted by Gasteiger charge is -2.16. The Morgan fingerprint density at radius 1 is 1.23 bits per heavy atom. The van der Waals surface area contributed by atoms with Crippen molar-refractivity contribution in [2.24, 2.45) is 5.73 Å². The molecule has 13 heavy (non-hydrogen) atoms. The van der Waals surface area contributed by atoms with Crippen LogP contribution in [0.3, 0.4) is 0 Å². The highest BCUT2D eigenvalue weighted by atomic mass is 16.3. The molecule has 0 aliphatic rings. The van der Waals surface area contributed by atoms with Crippen molar-refractivity contribution >= 4 is 0 Å². The molecule has 2 unspecified atom stereocenters. The normalized spacial score (nSPS) is 15.4.